The zero-order chi connectivity index (χ0) is 13.5. The fraction of sp³-hybridized carbons (Fsp3) is 0.467. The maximum absolute atomic E-state index is 13.2. The second-order valence-corrected chi connectivity index (χ2v) is 4.49. The average Bonchev–Trinajstić information content (AvgIpc) is 3.21. The largest absolute Gasteiger partial charge is 0.466 e. The Morgan fingerprint density at radius 1 is 1.37 bits per heavy atom. The van der Waals surface area contributed by atoms with E-state index in [2.05, 4.69) is 11.8 Å². The molecule has 1 saturated carbocycles. The maximum atomic E-state index is 13.2. The predicted octanol–water partition coefficient (Wildman–Crippen LogP) is 2.32. The summed E-state index contributed by atoms with van der Waals surface area (Å²) in [7, 11) is 0. The minimum absolute atomic E-state index is 0.0109. The molecule has 0 spiro atoms. The molecule has 1 N–H and O–H groups in total. The van der Waals surface area contributed by atoms with Crippen molar-refractivity contribution < 1.29 is 19.0 Å². The molecule has 1 aliphatic carbocycles. The molecular formula is C15H17FO3. The van der Waals surface area contributed by atoms with Crippen LogP contribution in [0.4, 0.5) is 4.39 Å². The van der Waals surface area contributed by atoms with E-state index in [9.17, 15) is 4.39 Å². The van der Waals surface area contributed by atoms with E-state index in [0.717, 1.165) is 0 Å². The Morgan fingerprint density at radius 2 is 2.21 bits per heavy atom. The van der Waals surface area contributed by atoms with Crippen molar-refractivity contribution in [1.82, 2.24) is 0 Å². The van der Waals surface area contributed by atoms with E-state index >= 15 is 0 Å². The first-order valence-corrected chi connectivity index (χ1v) is 6.39. The highest BCUT2D eigenvalue weighted by atomic mass is 19.1. The van der Waals surface area contributed by atoms with E-state index in [4.69, 9.17) is 14.6 Å². The molecule has 0 amide bonds. The Bertz CT molecular complexity index is 472. The highest BCUT2D eigenvalue weighted by Crippen LogP contribution is 2.28. The van der Waals surface area contributed by atoms with Crippen LogP contribution in [0.15, 0.2) is 18.2 Å². The van der Waals surface area contributed by atoms with Gasteiger partial charge in [0.2, 0.25) is 0 Å². The summed E-state index contributed by atoms with van der Waals surface area (Å²) in [6.07, 6.45) is 2.82. The van der Waals surface area contributed by atoms with Gasteiger partial charge in [-0.25, -0.2) is 4.39 Å². The van der Waals surface area contributed by atoms with Gasteiger partial charge in [-0.15, -0.1) is 0 Å². The van der Waals surface area contributed by atoms with Crippen LogP contribution >= 0.6 is 0 Å². The fourth-order valence-electron chi connectivity index (χ4n) is 1.54. The van der Waals surface area contributed by atoms with Crippen molar-refractivity contribution in [1.29, 1.82) is 0 Å². The van der Waals surface area contributed by atoms with Gasteiger partial charge in [0.25, 0.3) is 0 Å². The SMILES string of the molecule is OCCC#Cc1cc(F)ccc1OCOCC1CC1. The van der Waals surface area contributed by atoms with Crippen molar-refractivity contribution in [2.75, 3.05) is 20.0 Å². The quantitative estimate of drug-likeness (QED) is 0.487. The molecule has 4 heteroatoms. The van der Waals surface area contributed by atoms with Gasteiger partial charge in [0.05, 0.1) is 18.8 Å². The topological polar surface area (TPSA) is 38.7 Å². The smallest absolute Gasteiger partial charge is 0.189 e. The predicted molar refractivity (Wildman–Crippen MR) is 69.2 cm³/mol. The summed E-state index contributed by atoms with van der Waals surface area (Å²) in [5, 5.41) is 8.67. The molecule has 0 unspecified atom stereocenters. The zero-order valence-corrected chi connectivity index (χ0v) is 10.7. The third-order valence-corrected chi connectivity index (χ3v) is 2.75. The number of rotatable bonds is 6. The molecule has 1 aromatic rings. The molecule has 0 radical (unpaired) electrons. The van der Waals surface area contributed by atoms with E-state index in [1.165, 1.54) is 25.0 Å². The van der Waals surface area contributed by atoms with E-state index < -0.39 is 0 Å². The van der Waals surface area contributed by atoms with Crippen LogP contribution in [0, 0.1) is 23.6 Å². The van der Waals surface area contributed by atoms with Gasteiger partial charge >= 0.3 is 0 Å². The van der Waals surface area contributed by atoms with Crippen LogP contribution in [-0.2, 0) is 4.74 Å². The first kappa shape index (κ1) is 13.9. The summed E-state index contributed by atoms with van der Waals surface area (Å²) in [5.41, 5.74) is 0.475. The Hall–Kier alpha value is -1.57. The normalized spacial score (nSPS) is 13.8. The van der Waals surface area contributed by atoms with Gasteiger partial charge in [0, 0.05) is 6.42 Å². The molecule has 102 valence electrons. The van der Waals surface area contributed by atoms with Crippen molar-refractivity contribution in [3.63, 3.8) is 0 Å². The summed E-state index contributed by atoms with van der Waals surface area (Å²) in [6.45, 7) is 0.854. The minimum atomic E-state index is -0.362. The second kappa shape index (κ2) is 7.13. The monoisotopic (exact) mass is 264 g/mol. The van der Waals surface area contributed by atoms with Gasteiger partial charge in [-0.3, -0.25) is 0 Å². The molecule has 19 heavy (non-hydrogen) atoms. The number of aliphatic hydroxyl groups is 1. The lowest BCUT2D eigenvalue weighted by Gasteiger charge is -2.08. The number of ether oxygens (including phenoxy) is 2. The zero-order valence-electron chi connectivity index (χ0n) is 10.7. The molecule has 0 aliphatic heterocycles. The summed E-state index contributed by atoms with van der Waals surface area (Å²) in [4.78, 5) is 0. The third-order valence-electron chi connectivity index (χ3n) is 2.75. The van der Waals surface area contributed by atoms with Crippen LogP contribution < -0.4 is 4.74 Å². The Labute approximate surface area is 112 Å². The summed E-state index contributed by atoms with van der Waals surface area (Å²) >= 11 is 0. The van der Waals surface area contributed by atoms with E-state index in [-0.39, 0.29) is 19.2 Å². The average molecular weight is 264 g/mol. The lowest BCUT2D eigenvalue weighted by Crippen LogP contribution is -2.06. The number of aliphatic hydroxyl groups excluding tert-OH is 1. The number of halogens is 1. The lowest BCUT2D eigenvalue weighted by atomic mass is 10.2. The molecule has 1 fully saturated rings. The highest BCUT2D eigenvalue weighted by Gasteiger charge is 2.21. The van der Waals surface area contributed by atoms with Crippen molar-refractivity contribution in [2.45, 2.75) is 19.3 Å². The lowest BCUT2D eigenvalue weighted by molar-refractivity contribution is 0.00979. The molecular weight excluding hydrogens is 247 g/mol. The summed E-state index contributed by atoms with van der Waals surface area (Å²) < 4.78 is 24.0. The van der Waals surface area contributed by atoms with Gasteiger partial charge < -0.3 is 14.6 Å². The van der Waals surface area contributed by atoms with Crippen LogP contribution in [0.3, 0.4) is 0 Å². The molecule has 0 saturated heterocycles. The third kappa shape index (κ3) is 4.90. The van der Waals surface area contributed by atoms with Crippen LogP contribution in [0.2, 0.25) is 0 Å². The van der Waals surface area contributed by atoms with Crippen LogP contribution in [0.25, 0.3) is 0 Å². The van der Waals surface area contributed by atoms with Crippen molar-refractivity contribution in [2.24, 2.45) is 5.92 Å². The van der Waals surface area contributed by atoms with Gasteiger partial charge in [0.1, 0.15) is 11.6 Å². The number of benzene rings is 1. The maximum Gasteiger partial charge on any atom is 0.189 e. The van der Waals surface area contributed by atoms with Gasteiger partial charge in [-0.05, 0) is 37.0 Å². The van der Waals surface area contributed by atoms with Crippen LogP contribution in [-0.4, -0.2) is 25.1 Å². The van der Waals surface area contributed by atoms with Crippen molar-refractivity contribution in [3.05, 3.63) is 29.6 Å². The standard InChI is InChI=1S/C15H17FO3/c16-14-6-7-15(13(9-14)3-1-2-8-17)19-11-18-10-12-4-5-12/h6-7,9,12,17H,2,4-5,8,10-11H2. The Morgan fingerprint density at radius 3 is 2.95 bits per heavy atom. The Balaban J connectivity index is 1.91. The molecule has 0 heterocycles. The van der Waals surface area contributed by atoms with Crippen molar-refractivity contribution >= 4 is 0 Å². The van der Waals surface area contributed by atoms with Gasteiger partial charge in [-0.1, -0.05) is 11.8 Å². The first-order valence-electron chi connectivity index (χ1n) is 6.39. The Kier molecular flexibility index (Phi) is 5.20. The highest BCUT2D eigenvalue weighted by molar-refractivity contribution is 5.46. The molecule has 1 aromatic carbocycles. The van der Waals surface area contributed by atoms with E-state index in [1.807, 2.05) is 0 Å². The molecule has 0 aromatic heterocycles. The molecule has 1 aliphatic rings. The molecule has 0 atom stereocenters. The van der Waals surface area contributed by atoms with Crippen molar-refractivity contribution in [3.8, 4) is 17.6 Å². The summed E-state index contributed by atoms with van der Waals surface area (Å²) in [6, 6.07) is 4.19. The first-order chi connectivity index (χ1) is 9.29. The van der Waals surface area contributed by atoms with E-state index in [1.54, 1.807) is 6.07 Å². The fourth-order valence-corrected chi connectivity index (χ4v) is 1.54. The molecule has 2 rings (SSSR count). The molecule has 3 nitrogen and oxygen atoms in total. The number of hydrogen-bond acceptors (Lipinski definition) is 3. The van der Waals surface area contributed by atoms with Gasteiger partial charge in [-0.2, -0.15) is 0 Å². The van der Waals surface area contributed by atoms with Crippen LogP contribution in [0.5, 0.6) is 5.75 Å². The second-order valence-electron chi connectivity index (χ2n) is 4.49. The summed E-state index contributed by atoms with van der Waals surface area (Å²) in [5.74, 6) is 6.36. The van der Waals surface area contributed by atoms with Gasteiger partial charge in [0.15, 0.2) is 6.79 Å². The van der Waals surface area contributed by atoms with E-state index in [0.29, 0.717) is 30.3 Å². The number of hydrogen-bond donors (Lipinski definition) is 1. The minimum Gasteiger partial charge on any atom is -0.466 e. The van der Waals surface area contributed by atoms with Crippen LogP contribution in [0.1, 0.15) is 24.8 Å². The molecule has 0 bridgehead atoms.